The molecular formula is C15H22N4O5S. The molecule has 0 saturated heterocycles. The molecule has 0 unspecified atom stereocenters. The van der Waals surface area contributed by atoms with Crippen LogP contribution in [0.25, 0.3) is 0 Å². The molecule has 3 N–H and O–H groups in total. The van der Waals surface area contributed by atoms with E-state index in [9.17, 15) is 23.3 Å². The van der Waals surface area contributed by atoms with E-state index in [1.54, 1.807) is 0 Å². The number of nitrogens with two attached hydrogens (primary N) is 1. The van der Waals surface area contributed by atoms with Crippen LogP contribution in [0.3, 0.4) is 0 Å². The first-order valence-corrected chi connectivity index (χ1v) is 9.40. The predicted molar refractivity (Wildman–Crippen MR) is 91.3 cm³/mol. The minimum atomic E-state index is -3.99. The van der Waals surface area contributed by atoms with E-state index in [1.807, 2.05) is 0 Å². The van der Waals surface area contributed by atoms with E-state index in [-0.39, 0.29) is 29.2 Å². The molecule has 1 saturated carbocycles. The van der Waals surface area contributed by atoms with Crippen LogP contribution in [-0.2, 0) is 14.8 Å². The van der Waals surface area contributed by atoms with E-state index in [0.717, 1.165) is 36.1 Å². The summed E-state index contributed by atoms with van der Waals surface area (Å²) in [6, 6.07) is 4.90. The molecule has 0 spiro atoms. The van der Waals surface area contributed by atoms with Gasteiger partial charge in [-0.1, -0.05) is 6.07 Å². The normalized spacial score (nSPS) is 21.1. The first-order valence-electron chi connectivity index (χ1n) is 7.96. The van der Waals surface area contributed by atoms with Gasteiger partial charge in [-0.15, -0.1) is 0 Å². The summed E-state index contributed by atoms with van der Waals surface area (Å²) >= 11 is 0. The maximum atomic E-state index is 12.5. The zero-order valence-electron chi connectivity index (χ0n) is 13.9. The summed E-state index contributed by atoms with van der Waals surface area (Å²) < 4.78 is 25.9. The second-order valence-corrected chi connectivity index (χ2v) is 8.24. The van der Waals surface area contributed by atoms with E-state index >= 15 is 0 Å². The van der Waals surface area contributed by atoms with Gasteiger partial charge >= 0.3 is 0 Å². The lowest BCUT2D eigenvalue weighted by molar-refractivity contribution is -0.385. The number of amides is 1. The van der Waals surface area contributed by atoms with Crippen molar-refractivity contribution in [3.63, 3.8) is 0 Å². The fourth-order valence-electron chi connectivity index (χ4n) is 2.76. The van der Waals surface area contributed by atoms with Crippen LogP contribution in [0.4, 0.5) is 5.69 Å². The molecule has 1 amide bonds. The lowest BCUT2D eigenvalue weighted by Gasteiger charge is -2.27. The number of carbonyl (C=O) groups excluding carboxylic acids is 1. The van der Waals surface area contributed by atoms with Gasteiger partial charge in [-0.25, -0.2) is 8.42 Å². The Balaban J connectivity index is 2.01. The van der Waals surface area contributed by atoms with Gasteiger partial charge in [-0.3, -0.25) is 14.9 Å². The predicted octanol–water partition coefficient (Wildman–Crippen LogP) is 0.601. The third-order valence-electron chi connectivity index (χ3n) is 4.24. The standard InChI is InChI=1S/C15H22N4O5S/c1-18(10-15(20)17-12-7-5-11(16)6-8-12)25(23,24)14-4-2-3-13(9-14)19(21)22/h2-4,9,11-12H,5-8,10,16H2,1H3,(H,17,20). The maximum absolute atomic E-state index is 12.5. The molecule has 10 heteroatoms. The van der Waals surface area contributed by atoms with E-state index in [1.165, 1.54) is 25.2 Å². The summed E-state index contributed by atoms with van der Waals surface area (Å²) in [6.45, 7) is -0.354. The van der Waals surface area contributed by atoms with Crippen LogP contribution in [0.5, 0.6) is 0 Å². The molecule has 138 valence electrons. The summed E-state index contributed by atoms with van der Waals surface area (Å²) in [5, 5.41) is 13.6. The number of nitrogens with zero attached hydrogens (tertiary/aromatic N) is 2. The Hall–Kier alpha value is -2.04. The topological polar surface area (TPSA) is 136 Å². The van der Waals surface area contributed by atoms with Crippen molar-refractivity contribution in [1.29, 1.82) is 0 Å². The summed E-state index contributed by atoms with van der Waals surface area (Å²) in [7, 11) is -2.72. The van der Waals surface area contributed by atoms with Crippen LogP contribution >= 0.6 is 0 Å². The number of sulfonamides is 1. The van der Waals surface area contributed by atoms with E-state index in [2.05, 4.69) is 5.32 Å². The van der Waals surface area contributed by atoms with Crippen LogP contribution in [-0.4, -0.2) is 49.2 Å². The molecule has 2 rings (SSSR count). The van der Waals surface area contributed by atoms with Gasteiger partial charge < -0.3 is 11.1 Å². The molecule has 1 aromatic rings. The van der Waals surface area contributed by atoms with Crippen molar-refractivity contribution in [2.24, 2.45) is 5.73 Å². The van der Waals surface area contributed by atoms with E-state index < -0.39 is 20.9 Å². The molecular weight excluding hydrogens is 348 g/mol. The number of likely N-dealkylation sites (N-methyl/N-ethyl adjacent to an activating group) is 1. The summed E-state index contributed by atoms with van der Waals surface area (Å²) in [4.78, 5) is 22.0. The second-order valence-electron chi connectivity index (χ2n) is 6.19. The van der Waals surface area contributed by atoms with Gasteiger partial charge in [0.25, 0.3) is 5.69 Å². The Kier molecular flexibility index (Phi) is 6.09. The largest absolute Gasteiger partial charge is 0.352 e. The molecule has 1 aromatic carbocycles. The van der Waals surface area contributed by atoms with Gasteiger partial charge in [0.05, 0.1) is 16.4 Å². The Morgan fingerprint density at radius 3 is 2.60 bits per heavy atom. The summed E-state index contributed by atoms with van der Waals surface area (Å²) in [6.07, 6.45) is 3.20. The van der Waals surface area contributed by atoms with Crippen LogP contribution in [0.1, 0.15) is 25.7 Å². The number of benzene rings is 1. The number of carbonyl (C=O) groups is 1. The number of non-ortho nitro benzene ring substituents is 1. The Bertz CT molecular complexity index is 744. The Morgan fingerprint density at radius 2 is 2.00 bits per heavy atom. The Labute approximate surface area is 146 Å². The van der Waals surface area contributed by atoms with E-state index in [4.69, 9.17) is 5.73 Å². The zero-order chi connectivity index (χ0) is 18.6. The average Bonchev–Trinajstić information content (AvgIpc) is 2.57. The van der Waals surface area contributed by atoms with Crippen LogP contribution < -0.4 is 11.1 Å². The summed E-state index contributed by atoms with van der Waals surface area (Å²) in [5.74, 6) is -0.406. The molecule has 0 aliphatic heterocycles. The van der Waals surface area contributed by atoms with Gasteiger partial charge in [0.15, 0.2) is 0 Å². The van der Waals surface area contributed by atoms with Gasteiger partial charge in [0, 0.05) is 31.3 Å². The molecule has 1 aliphatic rings. The molecule has 0 radical (unpaired) electrons. The highest BCUT2D eigenvalue weighted by atomic mass is 32.2. The van der Waals surface area contributed by atoms with Crippen molar-refractivity contribution >= 4 is 21.6 Å². The SMILES string of the molecule is CN(CC(=O)NC1CCC(N)CC1)S(=O)(=O)c1cccc([N+](=O)[O-])c1. The molecule has 0 heterocycles. The number of nitro benzene ring substituents is 1. The van der Waals surface area contributed by atoms with Gasteiger partial charge in [-0.2, -0.15) is 4.31 Å². The molecule has 9 nitrogen and oxygen atoms in total. The molecule has 0 aromatic heterocycles. The zero-order valence-corrected chi connectivity index (χ0v) is 14.7. The summed E-state index contributed by atoms with van der Waals surface area (Å²) in [5.41, 5.74) is 5.49. The highest BCUT2D eigenvalue weighted by molar-refractivity contribution is 7.89. The number of rotatable bonds is 6. The van der Waals surface area contributed by atoms with Crippen molar-refractivity contribution < 1.29 is 18.1 Å². The molecule has 0 atom stereocenters. The number of nitrogens with one attached hydrogen (secondary N) is 1. The Morgan fingerprint density at radius 1 is 1.36 bits per heavy atom. The number of hydrogen-bond donors (Lipinski definition) is 2. The third kappa shape index (κ3) is 4.97. The van der Waals surface area contributed by atoms with Crippen molar-refractivity contribution in [1.82, 2.24) is 9.62 Å². The van der Waals surface area contributed by atoms with E-state index in [0.29, 0.717) is 0 Å². The molecule has 0 bridgehead atoms. The monoisotopic (exact) mass is 370 g/mol. The maximum Gasteiger partial charge on any atom is 0.270 e. The minimum absolute atomic E-state index is 0.00113. The smallest absolute Gasteiger partial charge is 0.270 e. The van der Waals surface area contributed by atoms with Crippen LogP contribution in [0.15, 0.2) is 29.2 Å². The second kappa shape index (κ2) is 7.89. The highest BCUT2D eigenvalue weighted by Gasteiger charge is 2.26. The number of hydrogen-bond acceptors (Lipinski definition) is 6. The first kappa shape index (κ1) is 19.3. The minimum Gasteiger partial charge on any atom is -0.352 e. The number of nitro groups is 1. The fourth-order valence-corrected chi connectivity index (χ4v) is 3.93. The van der Waals surface area contributed by atoms with Crippen molar-refractivity contribution in [2.75, 3.05) is 13.6 Å². The van der Waals surface area contributed by atoms with Gasteiger partial charge in [-0.05, 0) is 31.7 Å². The lowest BCUT2D eigenvalue weighted by atomic mass is 9.92. The molecule has 1 fully saturated rings. The van der Waals surface area contributed by atoms with Gasteiger partial charge in [0.1, 0.15) is 0 Å². The van der Waals surface area contributed by atoms with Crippen LogP contribution in [0, 0.1) is 10.1 Å². The van der Waals surface area contributed by atoms with Gasteiger partial charge in [0.2, 0.25) is 15.9 Å². The van der Waals surface area contributed by atoms with Crippen LogP contribution in [0.2, 0.25) is 0 Å². The lowest BCUT2D eigenvalue weighted by Crippen LogP contribution is -2.45. The molecule has 25 heavy (non-hydrogen) atoms. The quantitative estimate of drug-likeness (QED) is 0.556. The van der Waals surface area contributed by atoms with Crippen molar-refractivity contribution in [3.05, 3.63) is 34.4 Å². The average molecular weight is 370 g/mol. The van der Waals surface area contributed by atoms with Crippen molar-refractivity contribution in [3.8, 4) is 0 Å². The molecule has 1 aliphatic carbocycles. The first-order chi connectivity index (χ1) is 11.7. The fraction of sp³-hybridized carbons (Fsp3) is 0.533. The highest BCUT2D eigenvalue weighted by Crippen LogP contribution is 2.20. The van der Waals surface area contributed by atoms with Crippen molar-refractivity contribution in [2.45, 2.75) is 42.7 Å². The third-order valence-corrected chi connectivity index (χ3v) is 6.04.